The highest BCUT2D eigenvalue weighted by Crippen LogP contribution is 2.39. The number of ether oxygens (including phenoxy) is 3. The summed E-state index contributed by atoms with van der Waals surface area (Å²) in [4.78, 5) is 0. The fourth-order valence-electron chi connectivity index (χ4n) is 2.68. The van der Waals surface area contributed by atoms with E-state index in [-0.39, 0.29) is 6.04 Å². The van der Waals surface area contributed by atoms with E-state index in [9.17, 15) is 0 Å². The largest absolute Gasteiger partial charge is 0.496 e. The van der Waals surface area contributed by atoms with E-state index in [1.54, 1.807) is 21.3 Å². The lowest BCUT2D eigenvalue weighted by Crippen LogP contribution is -2.20. The molecule has 0 aliphatic rings. The molecular formula is C17H29NO3. The van der Waals surface area contributed by atoms with Crippen molar-refractivity contribution in [3.63, 3.8) is 0 Å². The monoisotopic (exact) mass is 295 g/mol. The van der Waals surface area contributed by atoms with E-state index < -0.39 is 0 Å². The maximum atomic E-state index is 5.54. The zero-order valence-electron chi connectivity index (χ0n) is 14.2. The van der Waals surface area contributed by atoms with Gasteiger partial charge in [0.25, 0.3) is 0 Å². The Hall–Kier alpha value is -1.42. The number of nitrogens with one attached hydrogen (secondary N) is 1. The molecule has 1 unspecified atom stereocenters. The Bertz CT molecular complexity index is 430. The number of hydrogen-bond donors (Lipinski definition) is 1. The van der Waals surface area contributed by atoms with Crippen molar-refractivity contribution in [2.75, 3.05) is 28.4 Å². The first-order valence-corrected chi connectivity index (χ1v) is 7.62. The summed E-state index contributed by atoms with van der Waals surface area (Å²) < 4.78 is 16.3. The number of methoxy groups -OCH3 is 3. The molecule has 0 saturated heterocycles. The molecule has 1 aromatic rings. The molecule has 0 amide bonds. The molecular weight excluding hydrogens is 266 g/mol. The summed E-state index contributed by atoms with van der Waals surface area (Å²) in [5.74, 6) is 2.95. The number of rotatable bonds is 9. The number of hydrogen-bond acceptors (Lipinski definition) is 4. The van der Waals surface area contributed by atoms with Crippen LogP contribution in [-0.4, -0.2) is 28.4 Å². The van der Waals surface area contributed by atoms with Gasteiger partial charge in [0.2, 0.25) is 0 Å². The summed E-state index contributed by atoms with van der Waals surface area (Å²) in [5.41, 5.74) is 1.12. The van der Waals surface area contributed by atoms with Gasteiger partial charge in [-0.25, -0.2) is 0 Å². The van der Waals surface area contributed by atoms with Crippen molar-refractivity contribution in [3.8, 4) is 17.2 Å². The van der Waals surface area contributed by atoms with Crippen LogP contribution >= 0.6 is 0 Å². The van der Waals surface area contributed by atoms with Gasteiger partial charge in [-0.15, -0.1) is 0 Å². The molecule has 1 N–H and O–H groups in total. The Morgan fingerprint density at radius 3 is 1.86 bits per heavy atom. The normalized spacial score (nSPS) is 12.3. The van der Waals surface area contributed by atoms with Crippen LogP contribution in [0.5, 0.6) is 17.2 Å². The quantitative estimate of drug-likeness (QED) is 0.752. The molecule has 1 rings (SSSR count). The van der Waals surface area contributed by atoms with E-state index in [1.165, 1.54) is 12.8 Å². The molecule has 1 atom stereocenters. The minimum Gasteiger partial charge on any atom is -0.496 e. The number of benzene rings is 1. The maximum Gasteiger partial charge on any atom is 0.164 e. The first-order valence-electron chi connectivity index (χ1n) is 7.62. The van der Waals surface area contributed by atoms with E-state index in [1.807, 2.05) is 19.2 Å². The van der Waals surface area contributed by atoms with Crippen molar-refractivity contribution < 1.29 is 14.2 Å². The Morgan fingerprint density at radius 1 is 0.905 bits per heavy atom. The van der Waals surface area contributed by atoms with Gasteiger partial charge in [0, 0.05) is 17.7 Å². The van der Waals surface area contributed by atoms with Crippen molar-refractivity contribution in [1.29, 1.82) is 0 Å². The molecule has 0 radical (unpaired) electrons. The minimum atomic E-state index is 0.240. The van der Waals surface area contributed by atoms with Crippen LogP contribution in [0.3, 0.4) is 0 Å². The van der Waals surface area contributed by atoms with Crippen molar-refractivity contribution in [1.82, 2.24) is 5.32 Å². The highest BCUT2D eigenvalue weighted by atomic mass is 16.5. The van der Waals surface area contributed by atoms with E-state index >= 15 is 0 Å². The molecule has 0 saturated carbocycles. The van der Waals surface area contributed by atoms with Crippen LogP contribution in [0.15, 0.2) is 12.1 Å². The van der Waals surface area contributed by atoms with E-state index in [0.29, 0.717) is 11.7 Å². The lowest BCUT2D eigenvalue weighted by atomic mass is 9.90. The Morgan fingerprint density at radius 2 is 1.43 bits per heavy atom. The molecule has 0 aromatic heterocycles. The zero-order chi connectivity index (χ0) is 15.8. The van der Waals surface area contributed by atoms with Crippen LogP contribution in [-0.2, 0) is 0 Å². The summed E-state index contributed by atoms with van der Waals surface area (Å²) in [6.45, 7) is 4.49. The first kappa shape index (κ1) is 17.6. The molecule has 0 bridgehead atoms. The van der Waals surface area contributed by atoms with Crippen molar-refractivity contribution in [2.24, 2.45) is 5.92 Å². The highest BCUT2D eigenvalue weighted by Gasteiger charge is 2.21. The zero-order valence-corrected chi connectivity index (χ0v) is 14.2. The van der Waals surface area contributed by atoms with Crippen LogP contribution < -0.4 is 19.5 Å². The van der Waals surface area contributed by atoms with Gasteiger partial charge in [-0.05, 0) is 25.5 Å². The molecule has 0 aliphatic carbocycles. The van der Waals surface area contributed by atoms with Crippen LogP contribution in [0.25, 0.3) is 0 Å². The van der Waals surface area contributed by atoms with Crippen LogP contribution in [0.4, 0.5) is 0 Å². The topological polar surface area (TPSA) is 39.7 Å². The van der Waals surface area contributed by atoms with Crippen LogP contribution in [0.2, 0.25) is 0 Å². The second-order valence-electron chi connectivity index (χ2n) is 5.21. The molecule has 4 heteroatoms. The first-order chi connectivity index (χ1) is 10.1. The Labute approximate surface area is 128 Å². The standard InChI is InChI=1S/C17H29NO3/c1-7-12(8-2)9-14(18-3)13-10-16(20-5)17(21-6)11-15(13)19-4/h10-12,14,18H,7-9H2,1-6H3. The predicted octanol–water partition coefficient (Wildman–Crippen LogP) is 3.80. The molecule has 4 nitrogen and oxygen atoms in total. The molecule has 120 valence electrons. The summed E-state index contributed by atoms with van der Waals surface area (Å²) in [7, 11) is 6.97. The van der Waals surface area contributed by atoms with E-state index in [4.69, 9.17) is 14.2 Å². The SMILES string of the molecule is CCC(CC)CC(NC)c1cc(OC)c(OC)cc1OC. The molecule has 0 heterocycles. The van der Waals surface area contributed by atoms with Gasteiger partial charge in [-0.3, -0.25) is 0 Å². The third kappa shape index (κ3) is 4.27. The Kier molecular flexibility index (Phi) is 7.37. The van der Waals surface area contributed by atoms with Gasteiger partial charge >= 0.3 is 0 Å². The van der Waals surface area contributed by atoms with Gasteiger partial charge < -0.3 is 19.5 Å². The van der Waals surface area contributed by atoms with Gasteiger partial charge in [0.05, 0.1) is 21.3 Å². The molecule has 0 aliphatic heterocycles. The average Bonchev–Trinajstić information content (AvgIpc) is 2.54. The summed E-state index contributed by atoms with van der Waals surface area (Å²) in [6.07, 6.45) is 3.45. The lowest BCUT2D eigenvalue weighted by Gasteiger charge is -2.24. The van der Waals surface area contributed by atoms with E-state index in [0.717, 1.165) is 23.5 Å². The van der Waals surface area contributed by atoms with Gasteiger partial charge in [0.1, 0.15) is 5.75 Å². The third-order valence-corrected chi connectivity index (χ3v) is 4.18. The lowest BCUT2D eigenvalue weighted by molar-refractivity contribution is 0.338. The van der Waals surface area contributed by atoms with Crippen molar-refractivity contribution >= 4 is 0 Å². The third-order valence-electron chi connectivity index (χ3n) is 4.18. The predicted molar refractivity (Wildman–Crippen MR) is 86.6 cm³/mol. The van der Waals surface area contributed by atoms with E-state index in [2.05, 4.69) is 19.2 Å². The van der Waals surface area contributed by atoms with Gasteiger partial charge in [-0.2, -0.15) is 0 Å². The molecule has 21 heavy (non-hydrogen) atoms. The van der Waals surface area contributed by atoms with Crippen LogP contribution in [0, 0.1) is 5.92 Å². The average molecular weight is 295 g/mol. The fourth-order valence-corrected chi connectivity index (χ4v) is 2.68. The minimum absolute atomic E-state index is 0.240. The Balaban J connectivity index is 3.17. The molecule has 0 spiro atoms. The van der Waals surface area contributed by atoms with Crippen molar-refractivity contribution in [3.05, 3.63) is 17.7 Å². The van der Waals surface area contributed by atoms with Crippen LogP contribution in [0.1, 0.15) is 44.7 Å². The fraction of sp³-hybridized carbons (Fsp3) is 0.647. The maximum absolute atomic E-state index is 5.54. The molecule has 1 aromatic carbocycles. The van der Waals surface area contributed by atoms with Crippen molar-refractivity contribution in [2.45, 2.75) is 39.2 Å². The second-order valence-corrected chi connectivity index (χ2v) is 5.21. The highest BCUT2D eigenvalue weighted by molar-refractivity contribution is 5.51. The summed E-state index contributed by atoms with van der Waals surface area (Å²) >= 11 is 0. The second kappa shape index (κ2) is 8.78. The summed E-state index contributed by atoms with van der Waals surface area (Å²) in [5, 5.41) is 3.40. The smallest absolute Gasteiger partial charge is 0.164 e. The van der Waals surface area contributed by atoms with Gasteiger partial charge in [-0.1, -0.05) is 26.7 Å². The summed E-state index contributed by atoms with van der Waals surface area (Å²) in [6, 6.07) is 4.15. The van der Waals surface area contributed by atoms with Gasteiger partial charge in [0.15, 0.2) is 11.5 Å². The molecule has 0 fully saturated rings.